The number of halogens is 1. The lowest BCUT2D eigenvalue weighted by Crippen LogP contribution is -2.56. The summed E-state index contributed by atoms with van der Waals surface area (Å²) in [6.45, 7) is 12.6. The van der Waals surface area contributed by atoms with Crippen molar-refractivity contribution >= 4 is 23.5 Å². The Labute approximate surface area is 283 Å². The molecule has 5 rings (SSSR count). The highest BCUT2D eigenvalue weighted by Crippen LogP contribution is 2.52. The fraction of sp³-hybridized carbons (Fsp3) is 0.486. The third-order valence-electron chi connectivity index (χ3n) is 9.36. The van der Waals surface area contributed by atoms with E-state index in [2.05, 4.69) is 9.80 Å². The van der Waals surface area contributed by atoms with E-state index in [-0.39, 0.29) is 27.6 Å². The highest BCUT2D eigenvalue weighted by molar-refractivity contribution is 7.99. The molecule has 1 fully saturated rings. The van der Waals surface area contributed by atoms with Crippen molar-refractivity contribution < 1.29 is 28.1 Å². The first-order valence-electron chi connectivity index (χ1n) is 16.6. The van der Waals surface area contributed by atoms with Crippen molar-refractivity contribution in [2.45, 2.75) is 56.9 Å². The van der Waals surface area contributed by atoms with Gasteiger partial charge in [-0.05, 0) is 88.0 Å². The molecule has 2 aliphatic rings. The largest absolute Gasteiger partial charge is 0.493 e. The van der Waals surface area contributed by atoms with E-state index in [1.54, 1.807) is 27.4 Å². The van der Waals surface area contributed by atoms with Gasteiger partial charge in [-0.1, -0.05) is 18.2 Å². The Morgan fingerprint density at radius 3 is 2.17 bits per heavy atom. The molecule has 0 aromatic heterocycles. The van der Waals surface area contributed by atoms with Crippen LogP contribution in [-0.4, -0.2) is 89.0 Å². The van der Waals surface area contributed by atoms with Crippen LogP contribution in [0.3, 0.4) is 0 Å². The van der Waals surface area contributed by atoms with Crippen molar-refractivity contribution in [2.75, 3.05) is 67.2 Å². The molecule has 8 nitrogen and oxygen atoms in total. The molecule has 2 aliphatic heterocycles. The second-order valence-corrected chi connectivity index (χ2v) is 13.8. The zero-order chi connectivity index (χ0) is 33.6. The summed E-state index contributed by atoms with van der Waals surface area (Å²) in [5, 5.41) is 0. The number of fused-ring (bicyclic) bond motifs is 1. The third kappa shape index (κ3) is 7.56. The smallest absolute Gasteiger partial charge is 0.338 e. The molecule has 1 amide bonds. The monoisotopic (exact) mass is 666 g/mol. The molecule has 2 heterocycles. The summed E-state index contributed by atoms with van der Waals surface area (Å²) in [6.07, 6.45) is 2.79. The lowest BCUT2D eigenvalue weighted by atomic mass is 9.98. The average molecular weight is 667 g/mol. The molecule has 2 atom stereocenters. The maximum Gasteiger partial charge on any atom is 0.338 e. The van der Waals surface area contributed by atoms with E-state index in [4.69, 9.17) is 18.9 Å². The summed E-state index contributed by atoms with van der Waals surface area (Å²) < 4.78 is 37.5. The highest BCUT2D eigenvalue weighted by atomic mass is 32.2. The second-order valence-electron chi connectivity index (χ2n) is 12.6. The molecule has 0 radical (unpaired) electrons. The molecule has 1 saturated heterocycles. The molecular weight excluding hydrogens is 617 g/mol. The van der Waals surface area contributed by atoms with E-state index in [0.29, 0.717) is 35.3 Å². The summed E-state index contributed by atoms with van der Waals surface area (Å²) in [5.41, 5.74) is 2.77. The Morgan fingerprint density at radius 2 is 1.53 bits per heavy atom. The van der Waals surface area contributed by atoms with Gasteiger partial charge in [0.05, 0.1) is 38.7 Å². The van der Waals surface area contributed by atoms with Crippen LogP contribution in [-0.2, 0) is 11.2 Å². The minimum Gasteiger partial charge on any atom is -0.493 e. The quantitative estimate of drug-likeness (QED) is 0.104. The zero-order valence-electron chi connectivity index (χ0n) is 28.6. The van der Waals surface area contributed by atoms with Crippen molar-refractivity contribution in [2.24, 2.45) is 0 Å². The Bertz CT molecular complexity index is 1500. The van der Waals surface area contributed by atoms with Crippen LogP contribution in [0.2, 0.25) is 0 Å². The molecule has 3 aromatic rings. The molecule has 47 heavy (non-hydrogen) atoms. The predicted molar refractivity (Wildman–Crippen MR) is 186 cm³/mol. The summed E-state index contributed by atoms with van der Waals surface area (Å²) in [6, 6.07) is 16.6. The van der Waals surface area contributed by atoms with Crippen LogP contribution in [0, 0.1) is 5.82 Å². The van der Waals surface area contributed by atoms with Crippen molar-refractivity contribution in [3.8, 4) is 23.0 Å². The van der Waals surface area contributed by atoms with Crippen molar-refractivity contribution in [3.63, 3.8) is 0 Å². The fourth-order valence-electron chi connectivity index (χ4n) is 6.64. The van der Waals surface area contributed by atoms with E-state index < -0.39 is 0 Å². The molecule has 254 valence electrons. The minimum absolute atomic E-state index is 0.0326. The number of benzene rings is 3. The van der Waals surface area contributed by atoms with Gasteiger partial charge in [-0.2, -0.15) is 3.89 Å². The second kappa shape index (κ2) is 15.7. The Kier molecular flexibility index (Phi) is 11.7. The lowest BCUT2D eigenvalue weighted by Gasteiger charge is -2.42. The number of rotatable bonds is 14. The summed E-state index contributed by atoms with van der Waals surface area (Å²) in [7, 11) is 4.91. The third-order valence-corrected chi connectivity index (χ3v) is 11.0. The van der Waals surface area contributed by atoms with Gasteiger partial charge in [-0.3, -0.25) is 0 Å². The first-order valence-corrected chi connectivity index (χ1v) is 17.4. The van der Waals surface area contributed by atoms with Gasteiger partial charge < -0.3 is 28.7 Å². The van der Waals surface area contributed by atoms with Crippen LogP contribution >= 0.6 is 11.9 Å². The van der Waals surface area contributed by atoms with Crippen LogP contribution in [0.5, 0.6) is 23.0 Å². The highest BCUT2D eigenvalue weighted by Gasteiger charge is 2.53. The summed E-state index contributed by atoms with van der Waals surface area (Å²) in [5.74, 6) is 1.94. The molecule has 10 heteroatoms. The molecular formula is C37H49FN3O5S+. The predicted octanol–water partition coefficient (Wildman–Crippen LogP) is 6.94. The molecule has 2 unspecified atom stereocenters. The number of hydrogen-bond donors (Lipinski definition) is 0. The van der Waals surface area contributed by atoms with Crippen molar-refractivity contribution in [3.05, 3.63) is 71.5 Å². The van der Waals surface area contributed by atoms with Gasteiger partial charge in [-0.25, -0.2) is 9.18 Å². The normalized spacial score (nSPS) is 20.3. The van der Waals surface area contributed by atoms with E-state index in [1.165, 1.54) is 24.1 Å². The number of piperazine rings is 1. The molecule has 0 spiro atoms. The van der Waals surface area contributed by atoms with Gasteiger partial charge in [-0.15, -0.1) is 0 Å². The molecule has 0 aliphatic carbocycles. The van der Waals surface area contributed by atoms with Gasteiger partial charge in [0.15, 0.2) is 22.9 Å². The van der Waals surface area contributed by atoms with Crippen LogP contribution < -0.4 is 22.8 Å². The average Bonchev–Trinajstić information content (AvgIpc) is 3.09. The number of nitrogens with zero attached hydrogens (tertiary/aromatic N) is 3. The van der Waals surface area contributed by atoms with E-state index in [1.807, 2.05) is 57.2 Å². The molecule has 0 N–H and O–H groups in total. The first-order chi connectivity index (χ1) is 22.7. The summed E-state index contributed by atoms with van der Waals surface area (Å²) in [4.78, 5) is 20.1. The maximum absolute atomic E-state index is 14.7. The lowest BCUT2D eigenvalue weighted by molar-refractivity contribution is -0.128. The Hall–Kier alpha value is -3.31. The standard InChI is InChI=1S/C37H49FN3O5S/c1-26(2)41(37(42)27(3)30-11-7-8-12-35(30)47-41)31-25-29(38)13-14-32(31)46-22-10-9-16-39-18-20-40(21-19-39)17-15-28-23-33(43-4)36(45-6)34(24-28)44-5/h7-8,11-14,23-27H,9-10,15-22H2,1-6H3/q+1. The number of methoxy groups -OCH3 is 3. The van der Waals surface area contributed by atoms with E-state index in [0.717, 1.165) is 74.6 Å². The number of amides is 1. The minimum atomic E-state index is -0.368. The molecule has 3 aromatic carbocycles. The number of quaternary nitrogens is 1. The summed E-state index contributed by atoms with van der Waals surface area (Å²) >= 11 is 1.48. The van der Waals surface area contributed by atoms with Crippen molar-refractivity contribution in [1.82, 2.24) is 13.7 Å². The van der Waals surface area contributed by atoms with Gasteiger partial charge in [0.1, 0.15) is 23.8 Å². The van der Waals surface area contributed by atoms with Crippen LogP contribution in [0.1, 0.15) is 50.7 Å². The van der Waals surface area contributed by atoms with E-state index >= 15 is 0 Å². The first kappa shape index (κ1) is 35.0. The number of hydrogen-bond acceptors (Lipinski definition) is 8. The van der Waals surface area contributed by atoms with Crippen LogP contribution in [0.4, 0.5) is 10.1 Å². The molecule has 0 saturated carbocycles. The van der Waals surface area contributed by atoms with Gasteiger partial charge in [0.2, 0.25) is 5.75 Å². The topological polar surface area (TPSA) is 60.5 Å². The van der Waals surface area contributed by atoms with Gasteiger partial charge in [0, 0.05) is 38.8 Å². The van der Waals surface area contributed by atoms with Crippen LogP contribution in [0.25, 0.3) is 0 Å². The van der Waals surface area contributed by atoms with Crippen molar-refractivity contribution in [1.29, 1.82) is 0 Å². The van der Waals surface area contributed by atoms with E-state index in [9.17, 15) is 9.18 Å². The number of ether oxygens (including phenoxy) is 4. The zero-order valence-corrected chi connectivity index (χ0v) is 29.4. The van der Waals surface area contributed by atoms with Gasteiger partial charge in [0.25, 0.3) is 0 Å². The van der Waals surface area contributed by atoms with Gasteiger partial charge >= 0.3 is 5.91 Å². The van der Waals surface area contributed by atoms with Crippen LogP contribution in [0.15, 0.2) is 59.5 Å². The Balaban J connectivity index is 1.12. The maximum atomic E-state index is 14.7. The number of unbranched alkanes of at least 4 members (excludes halogenated alkanes) is 1. The number of carbonyl (C=O) groups is 1. The Morgan fingerprint density at radius 1 is 0.872 bits per heavy atom. The fourth-order valence-corrected chi connectivity index (χ4v) is 8.14. The molecule has 0 bridgehead atoms. The number of carbonyl (C=O) groups excluding carboxylic acids is 1. The SMILES string of the molecule is COc1cc(CCN2CCN(CCCCOc3ccc(F)cc3[N+]3(C(C)C)Sc4ccccc4C(C)C3=O)CC2)cc(OC)c1OC.